The van der Waals surface area contributed by atoms with Gasteiger partial charge >= 0.3 is 0 Å². The van der Waals surface area contributed by atoms with Crippen LogP contribution in [0.5, 0.6) is 0 Å². The molecule has 0 bridgehead atoms. The van der Waals surface area contributed by atoms with Gasteiger partial charge in [0, 0.05) is 20.3 Å². The molecule has 0 radical (unpaired) electrons. The van der Waals surface area contributed by atoms with Gasteiger partial charge in [0.15, 0.2) is 10.3 Å². The van der Waals surface area contributed by atoms with Gasteiger partial charge in [-0.25, -0.2) is 0 Å². The zero-order valence-electron chi connectivity index (χ0n) is 11.2. The van der Waals surface area contributed by atoms with Crippen molar-refractivity contribution in [2.45, 2.75) is 12.8 Å². The highest BCUT2D eigenvalue weighted by molar-refractivity contribution is 6.34. The molecule has 1 aromatic rings. The van der Waals surface area contributed by atoms with E-state index in [0.717, 1.165) is 12.8 Å². The Balaban J connectivity index is 2.18. The van der Waals surface area contributed by atoms with Crippen molar-refractivity contribution in [1.82, 2.24) is 15.5 Å². The van der Waals surface area contributed by atoms with E-state index in [2.05, 4.69) is 15.5 Å². The minimum Gasteiger partial charge on any atom is -0.382 e. The second-order valence-electron chi connectivity index (χ2n) is 3.94. The number of rotatable bonds is 9. The third-order valence-electron chi connectivity index (χ3n) is 2.40. The molecule has 0 aliphatic heterocycles. The number of carbonyl (C=O) groups excluding carboxylic acids is 1. The monoisotopic (exact) mass is 321 g/mol. The Morgan fingerprint density at radius 1 is 1.25 bits per heavy atom. The number of methoxy groups -OCH3 is 1. The molecule has 1 amide bonds. The quantitative estimate of drug-likeness (QED) is 0.704. The lowest BCUT2D eigenvalue weighted by molar-refractivity contribution is 0.0686. The average molecular weight is 322 g/mol. The van der Waals surface area contributed by atoms with Gasteiger partial charge in [-0.3, -0.25) is 4.79 Å². The van der Waals surface area contributed by atoms with Crippen LogP contribution in [0.1, 0.15) is 23.2 Å². The normalized spacial score (nSPS) is 10.6. The van der Waals surface area contributed by atoms with Gasteiger partial charge in [0.25, 0.3) is 5.91 Å². The van der Waals surface area contributed by atoms with Gasteiger partial charge < -0.3 is 14.8 Å². The molecule has 0 fully saturated rings. The third kappa shape index (κ3) is 6.47. The van der Waals surface area contributed by atoms with Crippen LogP contribution in [0.2, 0.25) is 10.3 Å². The number of unbranched alkanes of at least 4 members (excludes halogenated alkanes) is 1. The summed E-state index contributed by atoms with van der Waals surface area (Å²) in [6.07, 6.45) is 1.66. The van der Waals surface area contributed by atoms with Crippen molar-refractivity contribution < 1.29 is 14.3 Å². The van der Waals surface area contributed by atoms with Crippen molar-refractivity contribution in [1.29, 1.82) is 0 Å². The molecule has 0 unspecified atom stereocenters. The summed E-state index contributed by atoms with van der Waals surface area (Å²) in [5.41, 5.74) is 0.225. The summed E-state index contributed by atoms with van der Waals surface area (Å²) in [5, 5.41) is 10.0. The standard InChI is InChI=1S/C12H17Cl2N3O3/c1-19-6-7-20-5-3-2-4-15-12(18)9-8-10(13)16-17-11(9)14/h8H,2-7H2,1H3,(H,15,18). The van der Waals surface area contributed by atoms with Crippen LogP contribution >= 0.6 is 23.2 Å². The molecule has 1 aromatic heterocycles. The summed E-state index contributed by atoms with van der Waals surface area (Å²) < 4.78 is 10.2. The Labute approximate surface area is 127 Å². The number of halogens is 2. The Morgan fingerprint density at radius 2 is 2.05 bits per heavy atom. The lowest BCUT2D eigenvalue weighted by Crippen LogP contribution is -2.25. The fourth-order valence-corrected chi connectivity index (χ4v) is 1.71. The lowest BCUT2D eigenvalue weighted by Gasteiger charge is -2.06. The molecule has 1 rings (SSSR count). The molecule has 0 saturated carbocycles. The highest BCUT2D eigenvalue weighted by atomic mass is 35.5. The Bertz CT molecular complexity index is 432. The topological polar surface area (TPSA) is 73.3 Å². The van der Waals surface area contributed by atoms with E-state index in [0.29, 0.717) is 26.4 Å². The number of aromatic nitrogens is 2. The van der Waals surface area contributed by atoms with E-state index in [1.165, 1.54) is 6.07 Å². The van der Waals surface area contributed by atoms with Crippen molar-refractivity contribution in [3.63, 3.8) is 0 Å². The van der Waals surface area contributed by atoms with E-state index < -0.39 is 0 Å². The van der Waals surface area contributed by atoms with Crippen LogP contribution < -0.4 is 5.32 Å². The van der Waals surface area contributed by atoms with Crippen molar-refractivity contribution >= 4 is 29.1 Å². The predicted octanol–water partition coefficient (Wildman–Crippen LogP) is 1.96. The molecule has 0 aliphatic rings. The fraction of sp³-hybridized carbons (Fsp3) is 0.583. The minimum absolute atomic E-state index is 0.0369. The third-order valence-corrected chi connectivity index (χ3v) is 2.86. The number of nitrogens with zero attached hydrogens (tertiary/aromatic N) is 2. The number of ether oxygens (including phenoxy) is 2. The first-order chi connectivity index (χ1) is 9.65. The Kier molecular flexibility index (Phi) is 8.45. The van der Waals surface area contributed by atoms with E-state index in [-0.39, 0.29) is 21.8 Å². The second-order valence-corrected chi connectivity index (χ2v) is 4.68. The molecule has 112 valence electrons. The maximum Gasteiger partial charge on any atom is 0.254 e. The number of nitrogens with one attached hydrogen (secondary N) is 1. The Morgan fingerprint density at radius 3 is 2.80 bits per heavy atom. The maximum atomic E-state index is 11.8. The van der Waals surface area contributed by atoms with Crippen LogP contribution in [-0.4, -0.2) is 49.6 Å². The second kappa shape index (κ2) is 9.88. The molecule has 0 aromatic carbocycles. The van der Waals surface area contributed by atoms with Gasteiger partial charge in [-0.05, 0) is 18.9 Å². The molecule has 6 nitrogen and oxygen atoms in total. The first-order valence-electron chi connectivity index (χ1n) is 6.18. The van der Waals surface area contributed by atoms with Crippen LogP contribution in [0.3, 0.4) is 0 Å². The lowest BCUT2D eigenvalue weighted by atomic mass is 10.2. The largest absolute Gasteiger partial charge is 0.382 e. The predicted molar refractivity (Wildman–Crippen MR) is 76.3 cm³/mol. The van der Waals surface area contributed by atoms with Crippen LogP contribution in [-0.2, 0) is 9.47 Å². The fourth-order valence-electron chi connectivity index (χ4n) is 1.38. The maximum absolute atomic E-state index is 11.8. The van der Waals surface area contributed by atoms with Crippen molar-refractivity contribution in [3.8, 4) is 0 Å². The van der Waals surface area contributed by atoms with E-state index in [4.69, 9.17) is 32.7 Å². The molecule has 1 N–H and O–H groups in total. The van der Waals surface area contributed by atoms with Gasteiger partial charge in [0.1, 0.15) is 0 Å². The van der Waals surface area contributed by atoms with Crippen LogP contribution in [0.4, 0.5) is 0 Å². The smallest absolute Gasteiger partial charge is 0.254 e. The number of carbonyl (C=O) groups is 1. The number of hydrogen-bond acceptors (Lipinski definition) is 5. The molecule has 0 saturated heterocycles. The zero-order chi connectivity index (χ0) is 14.8. The van der Waals surface area contributed by atoms with E-state index in [1.54, 1.807) is 7.11 Å². The van der Waals surface area contributed by atoms with Crippen molar-refractivity contribution in [3.05, 3.63) is 21.9 Å². The molecule has 8 heteroatoms. The van der Waals surface area contributed by atoms with Gasteiger partial charge in [-0.1, -0.05) is 23.2 Å². The van der Waals surface area contributed by atoms with Crippen LogP contribution in [0.15, 0.2) is 6.07 Å². The summed E-state index contributed by atoms with van der Waals surface area (Å²) in [6.45, 7) is 2.34. The summed E-state index contributed by atoms with van der Waals surface area (Å²) in [6, 6.07) is 1.39. The van der Waals surface area contributed by atoms with E-state index >= 15 is 0 Å². The summed E-state index contributed by atoms with van der Waals surface area (Å²) in [5.74, 6) is -0.313. The van der Waals surface area contributed by atoms with Gasteiger partial charge in [-0.15, -0.1) is 10.2 Å². The van der Waals surface area contributed by atoms with Gasteiger partial charge in [0.2, 0.25) is 0 Å². The first kappa shape index (κ1) is 17.1. The summed E-state index contributed by atoms with van der Waals surface area (Å²) >= 11 is 11.4. The SMILES string of the molecule is COCCOCCCCNC(=O)c1cc(Cl)nnc1Cl. The van der Waals surface area contributed by atoms with Crippen LogP contribution in [0.25, 0.3) is 0 Å². The van der Waals surface area contributed by atoms with E-state index in [1.807, 2.05) is 0 Å². The first-order valence-corrected chi connectivity index (χ1v) is 6.94. The van der Waals surface area contributed by atoms with Gasteiger partial charge in [0.05, 0.1) is 18.8 Å². The van der Waals surface area contributed by atoms with Crippen LogP contribution in [0, 0.1) is 0 Å². The number of amides is 1. The molecule has 20 heavy (non-hydrogen) atoms. The minimum atomic E-state index is -0.313. The van der Waals surface area contributed by atoms with E-state index in [9.17, 15) is 4.79 Å². The highest BCUT2D eigenvalue weighted by Crippen LogP contribution is 2.14. The molecule has 0 atom stereocenters. The molecule has 0 aliphatic carbocycles. The van der Waals surface area contributed by atoms with Crippen molar-refractivity contribution in [2.75, 3.05) is 33.5 Å². The van der Waals surface area contributed by atoms with Crippen molar-refractivity contribution in [2.24, 2.45) is 0 Å². The summed E-state index contributed by atoms with van der Waals surface area (Å²) in [4.78, 5) is 11.8. The Hall–Kier alpha value is -0.950. The molecule has 1 heterocycles. The highest BCUT2D eigenvalue weighted by Gasteiger charge is 2.12. The zero-order valence-corrected chi connectivity index (χ0v) is 12.7. The number of hydrogen-bond donors (Lipinski definition) is 1. The average Bonchev–Trinajstić information content (AvgIpc) is 2.44. The molecular formula is C12H17Cl2N3O3. The summed E-state index contributed by atoms with van der Waals surface area (Å²) in [7, 11) is 1.63. The van der Waals surface area contributed by atoms with Gasteiger partial charge in [-0.2, -0.15) is 0 Å². The molecular weight excluding hydrogens is 305 g/mol. The molecule has 0 spiro atoms.